The summed E-state index contributed by atoms with van der Waals surface area (Å²) in [4.78, 5) is 16.8. The Morgan fingerprint density at radius 1 is 1.09 bits per heavy atom. The molecule has 1 heterocycles. The van der Waals surface area contributed by atoms with Crippen molar-refractivity contribution >= 4 is 6.03 Å². The van der Waals surface area contributed by atoms with Crippen molar-refractivity contribution in [3.63, 3.8) is 0 Å². The maximum atomic E-state index is 12.3. The van der Waals surface area contributed by atoms with E-state index in [1.165, 1.54) is 19.3 Å². The van der Waals surface area contributed by atoms with E-state index < -0.39 is 0 Å². The topological polar surface area (TPSA) is 44.8 Å². The van der Waals surface area contributed by atoms with E-state index >= 15 is 0 Å². The van der Waals surface area contributed by atoms with Gasteiger partial charge in [-0.05, 0) is 31.4 Å². The Kier molecular flexibility index (Phi) is 5.75. The van der Waals surface area contributed by atoms with E-state index in [1.807, 2.05) is 35.2 Å². The number of nitrogens with zero attached hydrogens (tertiary/aromatic N) is 2. The van der Waals surface area contributed by atoms with E-state index in [4.69, 9.17) is 4.74 Å². The number of ether oxygens (including phenoxy) is 1. The fourth-order valence-electron chi connectivity index (χ4n) is 3.21. The van der Waals surface area contributed by atoms with Crippen LogP contribution in [0.15, 0.2) is 30.3 Å². The first-order valence-electron chi connectivity index (χ1n) is 8.77. The quantitative estimate of drug-likeness (QED) is 0.848. The first kappa shape index (κ1) is 16.1. The average molecular weight is 317 g/mol. The van der Waals surface area contributed by atoms with Crippen molar-refractivity contribution in [2.45, 2.75) is 31.7 Å². The Labute approximate surface area is 138 Å². The molecule has 2 fully saturated rings. The normalized spacial score (nSPS) is 19.7. The Hall–Kier alpha value is -1.75. The molecule has 1 aromatic rings. The molecule has 2 amide bonds. The van der Waals surface area contributed by atoms with E-state index in [-0.39, 0.29) is 6.03 Å². The number of carbonyl (C=O) groups is 1. The maximum Gasteiger partial charge on any atom is 0.317 e. The van der Waals surface area contributed by atoms with Gasteiger partial charge in [-0.15, -0.1) is 0 Å². The lowest BCUT2D eigenvalue weighted by Crippen LogP contribution is -2.45. The second-order valence-corrected chi connectivity index (χ2v) is 6.35. The second-order valence-electron chi connectivity index (χ2n) is 6.35. The van der Waals surface area contributed by atoms with E-state index in [0.29, 0.717) is 13.2 Å². The molecule has 3 rings (SSSR count). The fourth-order valence-corrected chi connectivity index (χ4v) is 3.21. The molecule has 1 N–H and O–H groups in total. The van der Waals surface area contributed by atoms with Gasteiger partial charge in [0.05, 0.1) is 6.54 Å². The molecule has 23 heavy (non-hydrogen) atoms. The molecule has 126 valence electrons. The van der Waals surface area contributed by atoms with Crippen molar-refractivity contribution < 1.29 is 9.53 Å². The summed E-state index contributed by atoms with van der Waals surface area (Å²) in [7, 11) is 0. The van der Waals surface area contributed by atoms with Crippen LogP contribution in [-0.4, -0.2) is 61.2 Å². The zero-order valence-corrected chi connectivity index (χ0v) is 13.7. The van der Waals surface area contributed by atoms with Crippen LogP contribution in [0, 0.1) is 0 Å². The number of nitrogens with one attached hydrogen (secondary N) is 1. The zero-order valence-electron chi connectivity index (χ0n) is 13.7. The third kappa shape index (κ3) is 4.61. The van der Waals surface area contributed by atoms with Crippen LogP contribution in [0.1, 0.15) is 25.7 Å². The smallest absolute Gasteiger partial charge is 0.317 e. The van der Waals surface area contributed by atoms with Gasteiger partial charge >= 0.3 is 6.03 Å². The SMILES string of the molecule is O=C(NCCOc1ccccc1)N1CCCN(C2CCC2)CC1. The van der Waals surface area contributed by atoms with Gasteiger partial charge in [0.25, 0.3) is 0 Å². The first-order valence-corrected chi connectivity index (χ1v) is 8.77. The number of benzene rings is 1. The van der Waals surface area contributed by atoms with Gasteiger partial charge in [0.15, 0.2) is 0 Å². The molecule has 2 aliphatic rings. The van der Waals surface area contributed by atoms with Crippen molar-refractivity contribution in [2.24, 2.45) is 0 Å². The molecule has 1 saturated carbocycles. The summed E-state index contributed by atoms with van der Waals surface area (Å²) in [5, 5.41) is 2.97. The molecule has 1 aromatic carbocycles. The van der Waals surface area contributed by atoms with Crippen LogP contribution in [0.3, 0.4) is 0 Å². The monoisotopic (exact) mass is 317 g/mol. The maximum absolute atomic E-state index is 12.3. The summed E-state index contributed by atoms with van der Waals surface area (Å²) in [6.45, 7) is 4.87. The highest BCUT2D eigenvalue weighted by Crippen LogP contribution is 2.25. The summed E-state index contributed by atoms with van der Waals surface area (Å²) in [6.07, 6.45) is 5.11. The summed E-state index contributed by atoms with van der Waals surface area (Å²) < 4.78 is 5.60. The minimum atomic E-state index is 0.0390. The number of hydrogen-bond donors (Lipinski definition) is 1. The highest BCUT2D eigenvalue weighted by molar-refractivity contribution is 5.74. The minimum Gasteiger partial charge on any atom is -0.492 e. The van der Waals surface area contributed by atoms with Crippen molar-refractivity contribution in [1.82, 2.24) is 15.1 Å². The number of rotatable bonds is 5. The van der Waals surface area contributed by atoms with Crippen molar-refractivity contribution in [3.8, 4) is 5.75 Å². The van der Waals surface area contributed by atoms with Crippen LogP contribution in [0.25, 0.3) is 0 Å². The van der Waals surface area contributed by atoms with Crippen LogP contribution in [0.5, 0.6) is 5.75 Å². The van der Waals surface area contributed by atoms with Gasteiger partial charge in [0.1, 0.15) is 12.4 Å². The summed E-state index contributed by atoms with van der Waals surface area (Å²) in [6, 6.07) is 10.5. The van der Waals surface area contributed by atoms with Gasteiger partial charge in [-0.25, -0.2) is 4.79 Å². The highest BCUT2D eigenvalue weighted by atomic mass is 16.5. The molecule has 5 nitrogen and oxygen atoms in total. The molecular weight excluding hydrogens is 290 g/mol. The van der Waals surface area contributed by atoms with Crippen molar-refractivity contribution in [3.05, 3.63) is 30.3 Å². The van der Waals surface area contributed by atoms with E-state index in [9.17, 15) is 4.79 Å². The molecular formula is C18H27N3O2. The van der Waals surface area contributed by atoms with Crippen LogP contribution < -0.4 is 10.1 Å². The number of para-hydroxylation sites is 1. The van der Waals surface area contributed by atoms with Gasteiger partial charge in [-0.1, -0.05) is 24.6 Å². The molecule has 0 atom stereocenters. The summed E-state index contributed by atoms with van der Waals surface area (Å²) in [5.74, 6) is 0.840. The van der Waals surface area contributed by atoms with Gasteiger partial charge < -0.3 is 15.0 Å². The molecule has 5 heteroatoms. The minimum absolute atomic E-state index is 0.0390. The van der Waals surface area contributed by atoms with Gasteiger partial charge in [-0.3, -0.25) is 4.90 Å². The molecule has 0 unspecified atom stereocenters. The number of carbonyl (C=O) groups excluding carboxylic acids is 1. The van der Waals surface area contributed by atoms with Gasteiger partial charge in [0.2, 0.25) is 0 Å². The standard InChI is InChI=1S/C18H27N3O2/c22-18(19-10-15-23-17-8-2-1-3-9-17)21-12-5-11-20(13-14-21)16-6-4-7-16/h1-3,8-9,16H,4-7,10-15H2,(H,19,22). The van der Waals surface area contributed by atoms with Crippen LogP contribution in [0.4, 0.5) is 4.79 Å². The number of hydrogen-bond acceptors (Lipinski definition) is 3. The predicted octanol–water partition coefficient (Wildman–Crippen LogP) is 2.34. The predicted molar refractivity (Wildman–Crippen MR) is 90.7 cm³/mol. The highest BCUT2D eigenvalue weighted by Gasteiger charge is 2.27. The summed E-state index contributed by atoms with van der Waals surface area (Å²) >= 11 is 0. The average Bonchev–Trinajstić information content (AvgIpc) is 2.77. The molecule has 0 spiro atoms. The van der Waals surface area contributed by atoms with Crippen molar-refractivity contribution in [1.29, 1.82) is 0 Å². The lowest BCUT2D eigenvalue weighted by atomic mass is 9.91. The Morgan fingerprint density at radius 2 is 1.91 bits per heavy atom. The van der Waals surface area contributed by atoms with Crippen LogP contribution in [-0.2, 0) is 0 Å². The lowest BCUT2D eigenvalue weighted by molar-refractivity contribution is 0.131. The fraction of sp³-hybridized carbons (Fsp3) is 0.611. The molecule has 1 aliphatic heterocycles. The second kappa shape index (κ2) is 8.20. The zero-order chi connectivity index (χ0) is 15.9. The van der Waals surface area contributed by atoms with E-state index in [1.54, 1.807) is 0 Å². The van der Waals surface area contributed by atoms with Crippen LogP contribution >= 0.6 is 0 Å². The Bertz CT molecular complexity index is 490. The Balaban J connectivity index is 1.34. The molecule has 1 aliphatic carbocycles. The Morgan fingerprint density at radius 3 is 2.65 bits per heavy atom. The number of amides is 2. The summed E-state index contributed by atoms with van der Waals surface area (Å²) in [5.41, 5.74) is 0. The lowest BCUT2D eigenvalue weighted by Gasteiger charge is -2.36. The van der Waals surface area contributed by atoms with E-state index in [2.05, 4.69) is 10.2 Å². The molecule has 0 aromatic heterocycles. The largest absolute Gasteiger partial charge is 0.492 e. The third-order valence-corrected chi connectivity index (χ3v) is 4.80. The van der Waals surface area contributed by atoms with Gasteiger partial charge in [-0.2, -0.15) is 0 Å². The first-order chi connectivity index (χ1) is 11.3. The van der Waals surface area contributed by atoms with Gasteiger partial charge in [0, 0.05) is 32.2 Å². The van der Waals surface area contributed by atoms with E-state index in [0.717, 1.165) is 44.4 Å². The van der Waals surface area contributed by atoms with Crippen molar-refractivity contribution in [2.75, 3.05) is 39.3 Å². The molecule has 1 saturated heterocycles. The molecule has 0 bridgehead atoms. The molecule has 0 radical (unpaired) electrons. The van der Waals surface area contributed by atoms with Crippen LogP contribution in [0.2, 0.25) is 0 Å². The third-order valence-electron chi connectivity index (χ3n) is 4.80. The number of urea groups is 1.